The summed E-state index contributed by atoms with van der Waals surface area (Å²) in [5, 5.41) is 5.13. The standard InChI is InChI=1S/C17H14FN5O4S3/c1-27-16-14(21-29-22-16)23-30(25,26)13-7-5-12(6-8-13)19-17(28)20-15(24)10-3-2-4-11(18)9-10/h2-9H,1H3,(H,21,23)(H2,19,20,24,28). The van der Waals surface area contributed by atoms with Crippen molar-refractivity contribution in [1.82, 2.24) is 14.1 Å². The van der Waals surface area contributed by atoms with Crippen molar-refractivity contribution < 1.29 is 22.3 Å². The third kappa shape index (κ3) is 5.25. The Morgan fingerprint density at radius 2 is 1.90 bits per heavy atom. The summed E-state index contributed by atoms with van der Waals surface area (Å²) in [6.45, 7) is 0. The SMILES string of the molecule is COc1nsnc1NS(=O)(=O)c1ccc(NC(=S)NC(=O)c2cccc(F)c2)cc1. The second-order valence-electron chi connectivity index (χ2n) is 5.67. The van der Waals surface area contributed by atoms with Crippen molar-refractivity contribution in [2.24, 2.45) is 0 Å². The molecule has 0 atom stereocenters. The quantitative estimate of drug-likeness (QED) is 0.473. The van der Waals surface area contributed by atoms with E-state index in [2.05, 4.69) is 24.1 Å². The fourth-order valence-corrected chi connectivity index (χ4v) is 4.00. The number of carbonyl (C=O) groups is 1. The van der Waals surface area contributed by atoms with Gasteiger partial charge in [-0.05, 0) is 54.7 Å². The molecule has 0 saturated carbocycles. The van der Waals surface area contributed by atoms with Crippen molar-refractivity contribution in [3.63, 3.8) is 0 Å². The van der Waals surface area contributed by atoms with Crippen LogP contribution in [0.15, 0.2) is 53.4 Å². The Balaban J connectivity index is 1.63. The molecule has 0 fully saturated rings. The number of carbonyl (C=O) groups excluding carboxylic acids is 1. The molecular weight excluding hydrogens is 453 g/mol. The summed E-state index contributed by atoms with van der Waals surface area (Å²) in [6, 6.07) is 10.8. The van der Waals surface area contributed by atoms with E-state index in [4.69, 9.17) is 17.0 Å². The van der Waals surface area contributed by atoms with Gasteiger partial charge in [-0.25, -0.2) is 12.8 Å². The van der Waals surface area contributed by atoms with Gasteiger partial charge >= 0.3 is 0 Å². The number of aromatic nitrogens is 2. The van der Waals surface area contributed by atoms with E-state index in [9.17, 15) is 17.6 Å². The minimum absolute atomic E-state index is 0.00839. The summed E-state index contributed by atoms with van der Waals surface area (Å²) in [5.41, 5.74) is 0.546. The Bertz CT molecular complexity index is 1180. The van der Waals surface area contributed by atoms with Gasteiger partial charge in [0.2, 0.25) is 5.82 Å². The summed E-state index contributed by atoms with van der Waals surface area (Å²) in [5.74, 6) is -1.06. The molecular formula is C17H14FN5O4S3. The lowest BCUT2D eigenvalue weighted by Crippen LogP contribution is -2.34. The van der Waals surface area contributed by atoms with E-state index in [0.29, 0.717) is 5.69 Å². The summed E-state index contributed by atoms with van der Waals surface area (Å²) in [7, 11) is -2.56. The van der Waals surface area contributed by atoms with Crippen molar-refractivity contribution in [2.75, 3.05) is 17.1 Å². The number of rotatable bonds is 6. The van der Waals surface area contributed by atoms with Gasteiger partial charge in [0.1, 0.15) is 5.82 Å². The van der Waals surface area contributed by atoms with Crippen LogP contribution in [0.2, 0.25) is 0 Å². The highest BCUT2D eigenvalue weighted by Crippen LogP contribution is 2.24. The van der Waals surface area contributed by atoms with Gasteiger partial charge in [0.05, 0.1) is 23.7 Å². The van der Waals surface area contributed by atoms with Crippen LogP contribution in [0.4, 0.5) is 15.9 Å². The third-order valence-electron chi connectivity index (χ3n) is 3.62. The number of anilines is 2. The maximum atomic E-state index is 13.2. The first kappa shape index (κ1) is 21.5. The second kappa shape index (κ2) is 9.11. The highest BCUT2D eigenvalue weighted by Gasteiger charge is 2.19. The van der Waals surface area contributed by atoms with Crippen LogP contribution in [0, 0.1) is 5.82 Å². The Morgan fingerprint density at radius 1 is 1.17 bits per heavy atom. The molecule has 3 N–H and O–H groups in total. The van der Waals surface area contributed by atoms with Crippen LogP contribution in [-0.2, 0) is 10.0 Å². The zero-order chi connectivity index (χ0) is 21.7. The number of nitrogens with one attached hydrogen (secondary N) is 3. The van der Waals surface area contributed by atoms with Gasteiger partial charge in [0.15, 0.2) is 5.11 Å². The molecule has 156 valence electrons. The van der Waals surface area contributed by atoms with Gasteiger partial charge in [0, 0.05) is 11.3 Å². The average Bonchev–Trinajstić information content (AvgIpc) is 3.14. The van der Waals surface area contributed by atoms with Crippen molar-refractivity contribution in [2.45, 2.75) is 4.90 Å². The molecule has 0 unspecified atom stereocenters. The Hall–Kier alpha value is -3.16. The van der Waals surface area contributed by atoms with Crippen molar-refractivity contribution in [3.05, 3.63) is 59.9 Å². The predicted octanol–water partition coefficient (Wildman–Crippen LogP) is 2.61. The largest absolute Gasteiger partial charge is 0.478 e. The normalized spacial score (nSPS) is 10.9. The van der Waals surface area contributed by atoms with Crippen molar-refractivity contribution in [3.8, 4) is 5.88 Å². The van der Waals surface area contributed by atoms with Crippen LogP contribution in [0.25, 0.3) is 0 Å². The summed E-state index contributed by atoms with van der Waals surface area (Å²) < 4.78 is 53.0. The first-order valence-corrected chi connectivity index (χ1v) is 10.8. The van der Waals surface area contributed by atoms with Gasteiger partial charge in [-0.1, -0.05) is 6.07 Å². The van der Waals surface area contributed by atoms with Gasteiger partial charge in [0.25, 0.3) is 21.8 Å². The summed E-state index contributed by atoms with van der Waals surface area (Å²) in [6.07, 6.45) is 0. The van der Waals surface area contributed by atoms with Gasteiger partial charge in [-0.15, -0.1) is 4.37 Å². The number of hydrogen-bond acceptors (Lipinski definition) is 8. The Morgan fingerprint density at radius 3 is 2.57 bits per heavy atom. The predicted molar refractivity (Wildman–Crippen MR) is 114 cm³/mol. The molecule has 0 aliphatic heterocycles. The Labute approximate surface area is 180 Å². The molecule has 0 radical (unpaired) electrons. The third-order valence-corrected chi connectivity index (χ3v) is 5.69. The smallest absolute Gasteiger partial charge is 0.271 e. The topological polar surface area (TPSA) is 122 Å². The first-order valence-electron chi connectivity index (χ1n) is 8.16. The molecule has 3 rings (SSSR count). The lowest BCUT2D eigenvalue weighted by Gasteiger charge is -2.11. The molecule has 0 spiro atoms. The molecule has 0 aliphatic carbocycles. The molecule has 0 bridgehead atoms. The highest BCUT2D eigenvalue weighted by molar-refractivity contribution is 7.92. The zero-order valence-electron chi connectivity index (χ0n) is 15.2. The van der Waals surface area contributed by atoms with E-state index in [0.717, 1.165) is 17.8 Å². The van der Waals surface area contributed by atoms with Gasteiger partial charge in [-0.3, -0.25) is 14.8 Å². The maximum Gasteiger partial charge on any atom is 0.271 e. The molecule has 1 aromatic heterocycles. The minimum atomic E-state index is -3.91. The fraction of sp³-hybridized carbons (Fsp3) is 0.0588. The number of methoxy groups -OCH3 is 1. The van der Waals surface area contributed by atoms with E-state index in [-0.39, 0.29) is 27.3 Å². The molecule has 13 heteroatoms. The van der Waals surface area contributed by atoms with Crippen LogP contribution in [0.5, 0.6) is 5.88 Å². The number of halogens is 1. The van der Waals surface area contributed by atoms with Crippen LogP contribution in [0.1, 0.15) is 10.4 Å². The fourth-order valence-electron chi connectivity index (χ4n) is 2.25. The van der Waals surface area contributed by atoms with Crippen LogP contribution < -0.4 is 20.1 Å². The van der Waals surface area contributed by atoms with Gasteiger partial charge < -0.3 is 10.1 Å². The summed E-state index contributed by atoms with van der Waals surface area (Å²) in [4.78, 5) is 12.0. The van der Waals surface area contributed by atoms with E-state index in [1.54, 1.807) is 0 Å². The first-order chi connectivity index (χ1) is 14.3. The lowest BCUT2D eigenvalue weighted by atomic mass is 10.2. The summed E-state index contributed by atoms with van der Waals surface area (Å²) >= 11 is 5.87. The number of thiocarbonyl (C=S) groups is 1. The van der Waals surface area contributed by atoms with E-state index in [1.807, 2.05) is 0 Å². The molecule has 0 saturated heterocycles. The molecule has 1 amide bonds. The molecule has 2 aromatic carbocycles. The molecule has 0 aliphatic rings. The van der Waals surface area contributed by atoms with Crippen LogP contribution in [0.3, 0.4) is 0 Å². The maximum absolute atomic E-state index is 13.2. The number of hydrogen-bond donors (Lipinski definition) is 3. The number of nitrogens with zero attached hydrogens (tertiary/aromatic N) is 2. The van der Waals surface area contributed by atoms with Crippen LogP contribution >= 0.6 is 23.9 Å². The molecule has 3 aromatic rings. The van der Waals surface area contributed by atoms with Crippen molar-refractivity contribution >= 4 is 56.5 Å². The second-order valence-corrected chi connectivity index (χ2v) is 8.29. The zero-order valence-corrected chi connectivity index (χ0v) is 17.7. The van der Waals surface area contributed by atoms with Crippen LogP contribution in [-0.4, -0.2) is 35.3 Å². The molecule has 30 heavy (non-hydrogen) atoms. The monoisotopic (exact) mass is 467 g/mol. The highest BCUT2D eigenvalue weighted by atomic mass is 32.2. The molecule has 1 heterocycles. The van der Waals surface area contributed by atoms with Gasteiger partial charge in [-0.2, -0.15) is 4.37 Å². The van der Waals surface area contributed by atoms with E-state index >= 15 is 0 Å². The number of ether oxygens (including phenoxy) is 1. The van der Waals surface area contributed by atoms with E-state index < -0.39 is 21.7 Å². The van der Waals surface area contributed by atoms with Crippen molar-refractivity contribution in [1.29, 1.82) is 0 Å². The minimum Gasteiger partial charge on any atom is -0.478 e. The number of sulfonamides is 1. The number of amides is 1. The molecule has 9 nitrogen and oxygen atoms in total. The lowest BCUT2D eigenvalue weighted by molar-refractivity contribution is 0.0977. The number of benzene rings is 2. The Kier molecular flexibility index (Phi) is 6.54. The average molecular weight is 468 g/mol. The van der Waals surface area contributed by atoms with E-state index in [1.165, 1.54) is 49.6 Å².